The van der Waals surface area contributed by atoms with E-state index in [1.165, 1.54) is 146 Å². The Bertz CT molecular complexity index is 1880. The summed E-state index contributed by atoms with van der Waals surface area (Å²) < 4.78 is 0. The third kappa shape index (κ3) is 22.1. The number of carboxylic acid groups (broad SMARTS) is 6. The van der Waals surface area contributed by atoms with Crippen molar-refractivity contribution in [3.05, 3.63) is 179 Å². The van der Waals surface area contributed by atoms with Gasteiger partial charge < -0.3 is 93.8 Å². The Morgan fingerprint density at radius 1 is 0.230 bits per heavy atom. The van der Waals surface area contributed by atoms with Crippen LogP contribution < -0.4 is 65.0 Å². The number of hydrogen-bond acceptors (Lipinski definition) is 18. The van der Waals surface area contributed by atoms with E-state index in [1.54, 1.807) is 0 Å². The van der Waals surface area contributed by atoms with Gasteiger partial charge >= 0.3 is 0 Å². The molecule has 0 heterocycles. The van der Waals surface area contributed by atoms with Crippen molar-refractivity contribution in [1.29, 1.82) is 0 Å². The topological polar surface area (TPSA) is 397 Å². The Balaban J connectivity index is 0.000000706. The summed E-state index contributed by atoms with van der Waals surface area (Å²) >= 11 is 0. The summed E-state index contributed by atoms with van der Waals surface area (Å²) in [6, 6.07) is 35.1. The maximum absolute atomic E-state index is 10.2. The minimum atomic E-state index is -1.18. The van der Waals surface area contributed by atoms with E-state index < -0.39 is 35.8 Å². The van der Waals surface area contributed by atoms with Crippen LogP contribution in [0.15, 0.2) is 146 Å². The van der Waals surface area contributed by atoms with E-state index in [2.05, 4.69) is 0 Å². The molecule has 0 spiro atoms. The van der Waals surface area contributed by atoms with Crippen LogP contribution in [-0.4, -0.2) is 35.8 Å². The van der Waals surface area contributed by atoms with Crippen molar-refractivity contribution < 1.29 is 76.5 Å². The Labute approximate surface area is 358 Å². The maximum Gasteiger partial charge on any atom is 0.0715 e. The van der Waals surface area contributed by atoms with Gasteiger partial charge in [0.25, 0.3) is 0 Å². The molecule has 19 heteroatoms. The number of hydrogen-bond donors (Lipinski definition) is 6. The van der Waals surface area contributed by atoms with Gasteiger partial charge in [-0.25, -0.2) is 0 Å². The molecule has 0 atom stereocenters. The second-order valence-corrected chi connectivity index (χ2v) is 11.5. The van der Waals surface area contributed by atoms with Gasteiger partial charge in [0.15, 0.2) is 0 Å². The number of carbonyl (C=O) groups is 6. The summed E-state index contributed by atoms with van der Waals surface area (Å²) in [5, 5.41) is 61.0. The summed E-state index contributed by atoms with van der Waals surface area (Å²) in [7, 11) is 0. The minimum absolute atomic E-state index is 0. The van der Waals surface area contributed by atoms with E-state index in [0.717, 1.165) is 0 Å². The third-order valence-corrected chi connectivity index (χ3v) is 6.88. The van der Waals surface area contributed by atoms with Gasteiger partial charge in [-0.1, -0.05) is 72.8 Å². The van der Waals surface area contributed by atoms with Crippen molar-refractivity contribution in [3.8, 4) is 0 Å². The summed E-state index contributed by atoms with van der Waals surface area (Å²) in [5.74, 6) is -7.08. The monoisotopic (exact) mass is 871 g/mol. The molecule has 6 rings (SSSR count). The van der Waals surface area contributed by atoms with Gasteiger partial charge in [-0.2, -0.15) is 0 Å². The van der Waals surface area contributed by atoms with Gasteiger partial charge in [0, 0.05) is 51.2 Å². The van der Waals surface area contributed by atoms with Gasteiger partial charge in [0.2, 0.25) is 0 Å². The van der Waals surface area contributed by atoms with E-state index in [-0.39, 0.29) is 50.4 Å². The largest absolute Gasteiger partial charge is 0.545 e. The molecule has 6 aromatic rings. The molecule has 12 N–H and O–H groups in total. The summed E-state index contributed by atoms with van der Waals surface area (Å²) in [6.45, 7) is 0. The normalized spacial score (nSPS) is 9.05. The molecule has 0 saturated carbocycles. The second kappa shape index (κ2) is 27.2. The molecule has 0 aromatic heterocycles. The Morgan fingerprint density at radius 3 is 0.377 bits per heavy atom. The molecule has 0 amide bonds. The Morgan fingerprint density at radius 2 is 0.311 bits per heavy atom. The molecule has 0 unspecified atom stereocenters. The van der Waals surface area contributed by atoms with E-state index in [9.17, 15) is 59.4 Å². The van der Waals surface area contributed by atoms with E-state index in [4.69, 9.17) is 34.4 Å². The van der Waals surface area contributed by atoms with Crippen molar-refractivity contribution in [3.63, 3.8) is 0 Å². The molecular weight excluding hydrogens is 835 g/mol. The van der Waals surface area contributed by atoms with Crippen molar-refractivity contribution in [1.82, 2.24) is 0 Å². The third-order valence-electron chi connectivity index (χ3n) is 6.88. The average Bonchev–Trinajstić information content (AvgIpc) is 3.20. The standard InChI is InChI=1S/6C7H7NO2.Mn/c6*8-6-3-1-5(2-4-6)7(9)10;/h6*1-4H,8H2,(H,9,10);/p-6. The van der Waals surface area contributed by atoms with Crippen molar-refractivity contribution in [2.75, 3.05) is 34.4 Å². The molecule has 0 saturated heterocycles. The Hall–Kier alpha value is -8.54. The minimum Gasteiger partial charge on any atom is -0.545 e. The zero-order valence-electron chi connectivity index (χ0n) is 31.6. The van der Waals surface area contributed by atoms with Crippen LogP contribution in [-0.2, 0) is 17.1 Å². The Kier molecular flexibility index (Phi) is 23.4. The van der Waals surface area contributed by atoms with Gasteiger partial charge in [-0.3, -0.25) is 0 Å². The van der Waals surface area contributed by atoms with Gasteiger partial charge in [0.05, 0.1) is 35.8 Å². The van der Waals surface area contributed by atoms with E-state index >= 15 is 0 Å². The number of aromatic carboxylic acids is 6. The number of nitrogens with two attached hydrogens (primary N) is 6. The van der Waals surface area contributed by atoms with Gasteiger partial charge in [0.1, 0.15) is 0 Å². The van der Waals surface area contributed by atoms with Crippen molar-refractivity contribution in [2.24, 2.45) is 0 Å². The molecule has 18 nitrogen and oxygen atoms in total. The first-order chi connectivity index (χ1) is 28.2. The summed E-state index contributed by atoms with van der Waals surface area (Å²) in [6.07, 6.45) is 0. The van der Waals surface area contributed by atoms with Crippen LogP contribution in [0, 0.1) is 0 Å². The van der Waals surface area contributed by atoms with E-state index in [1.807, 2.05) is 0 Å². The zero-order chi connectivity index (χ0) is 45.4. The molecule has 0 bridgehead atoms. The van der Waals surface area contributed by atoms with Crippen LogP contribution in [0.5, 0.6) is 0 Å². The number of rotatable bonds is 6. The van der Waals surface area contributed by atoms with Gasteiger partial charge in [-0.15, -0.1) is 0 Å². The second-order valence-electron chi connectivity index (χ2n) is 11.5. The number of nitrogen functional groups attached to an aromatic ring is 6. The summed E-state index contributed by atoms with van der Waals surface area (Å²) in [5.41, 5.74) is 36.0. The first-order valence-electron chi connectivity index (χ1n) is 16.6. The smallest absolute Gasteiger partial charge is 0.0715 e. The fourth-order valence-electron chi connectivity index (χ4n) is 3.72. The maximum atomic E-state index is 10.2. The van der Waals surface area contributed by atoms with Crippen LogP contribution in [0.3, 0.4) is 0 Å². The van der Waals surface area contributed by atoms with Crippen LogP contribution in [0.2, 0.25) is 0 Å². The van der Waals surface area contributed by atoms with Crippen LogP contribution >= 0.6 is 0 Å². The van der Waals surface area contributed by atoms with E-state index in [0.29, 0.717) is 34.1 Å². The number of benzene rings is 6. The van der Waals surface area contributed by atoms with Crippen molar-refractivity contribution >= 4 is 69.9 Å². The predicted octanol–water partition coefficient (Wildman–Crippen LogP) is -2.21. The molecule has 0 fully saturated rings. The van der Waals surface area contributed by atoms with Gasteiger partial charge in [-0.05, 0) is 106 Å². The molecule has 61 heavy (non-hydrogen) atoms. The first-order valence-corrected chi connectivity index (χ1v) is 16.6. The molecule has 319 valence electrons. The predicted molar refractivity (Wildman–Crippen MR) is 211 cm³/mol. The molecule has 6 aromatic carbocycles. The van der Waals surface area contributed by atoms with Crippen LogP contribution in [0.25, 0.3) is 0 Å². The summed E-state index contributed by atoms with van der Waals surface area (Å²) in [4.78, 5) is 61.0. The number of anilines is 6. The molecule has 0 aliphatic rings. The molecule has 1 radical (unpaired) electrons. The molecule has 0 aliphatic heterocycles. The fraction of sp³-hybridized carbons (Fsp3) is 0. The first kappa shape index (κ1) is 52.5. The zero-order valence-corrected chi connectivity index (χ0v) is 32.8. The number of carboxylic acids is 6. The van der Waals surface area contributed by atoms with Crippen molar-refractivity contribution in [2.45, 2.75) is 0 Å². The fourth-order valence-corrected chi connectivity index (χ4v) is 3.72. The quantitative estimate of drug-likeness (QED) is 0.0763. The van der Waals surface area contributed by atoms with Crippen LogP contribution in [0.4, 0.5) is 34.1 Å². The number of carbonyl (C=O) groups excluding carboxylic acids is 6. The molecular formula is C42H36MnN6O12-6. The SMILES string of the molecule is Nc1ccc(C(=O)[O-])cc1.Nc1ccc(C(=O)[O-])cc1.Nc1ccc(C(=O)[O-])cc1.Nc1ccc(C(=O)[O-])cc1.Nc1ccc(C(=O)[O-])cc1.Nc1ccc(C(=O)[O-])cc1.[Mn]. The average molecular weight is 872 g/mol. The molecule has 0 aliphatic carbocycles. The van der Waals surface area contributed by atoms with Crippen LogP contribution in [0.1, 0.15) is 62.1 Å².